The highest BCUT2D eigenvalue weighted by molar-refractivity contribution is 6.30. The summed E-state index contributed by atoms with van der Waals surface area (Å²) in [7, 11) is 1.89. The Hall–Kier alpha value is -1.81. The molecule has 0 radical (unpaired) electrons. The van der Waals surface area contributed by atoms with Gasteiger partial charge in [-0.2, -0.15) is 5.10 Å². The zero-order valence-electron chi connectivity index (χ0n) is 12.8. The summed E-state index contributed by atoms with van der Waals surface area (Å²) in [6, 6.07) is 7.45. The van der Waals surface area contributed by atoms with Crippen LogP contribution < -0.4 is 5.32 Å². The Morgan fingerprint density at radius 2 is 2.14 bits per heavy atom. The third kappa shape index (κ3) is 3.64. The van der Waals surface area contributed by atoms with Crippen molar-refractivity contribution in [1.82, 2.24) is 15.1 Å². The molecular weight excluding hydrogens is 286 g/mol. The first-order valence-corrected chi connectivity index (χ1v) is 7.30. The molecule has 1 aromatic carbocycles. The van der Waals surface area contributed by atoms with Gasteiger partial charge in [0.05, 0.1) is 18.2 Å². The molecule has 1 unspecified atom stereocenters. The maximum absolute atomic E-state index is 12.2. The molecule has 0 fully saturated rings. The Bertz CT molecular complexity index is 664. The van der Waals surface area contributed by atoms with Crippen LogP contribution in [0.3, 0.4) is 0 Å². The topological polar surface area (TPSA) is 46.9 Å². The van der Waals surface area contributed by atoms with Gasteiger partial charge in [-0.25, -0.2) is 0 Å². The van der Waals surface area contributed by atoms with Gasteiger partial charge in [-0.15, -0.1) is 0 Å². The van der Waals surface area contributed by atoms with E-state index in [1.54, 1.807) is 4.68 Å². The van der Waals surface area contributed by atoms with E-state index in [1.807, 2.05) is 52.1 Å². The van der Waals surface area contributed by atoms with E-state index < -0.39 is 0 Å². The van der Waals surface area contributed by atoms with Crippen molar-refractivity contribution in [3.63, 3.8) is 0 Å². The van der Waals surface area contributed by atoms with Crippen molar-refractivity contribution in [1.29, 1.82) is 0 Å². The molecule has 0 saturated carbocycles. The van der Waals surface area contributed by atoms with Gasteiger partial charge in [-0.1, -0.05) is 23.7 Å². The van der Waals surface area contributed by atoms with Crippen LogP contribution in [0.4, 0.5) is 0 Å². The molecule has 1 heterocycles. The van der Waals surface area contributed by atoms with Gasteiger partial charge >= 0.3 is 0 Å². The van der Waals surface area contributed by atoms with E-state index in [9.17, 15) is 4.79 Å². The number of halogens is 1. The van der Waals surface area contributed by atoms with Crippen molar-refractivity contribution in [3.8, 4) is 0 Å². The molecule has 1 aromatic heterocycles. The lowest BCUT2D eigenvalue weighted by Crippen LogP contribution is -2.28. The fourth-order valence-electron chi connectivity index (χ4n) is 2.39. The molecule has 0 aliphatic carbocycles. The molecule has 0 saturated heterocycles. The average molecular weight is 306 g/mol. The molecule has 0 aliphatic rings. The molecule has 0 spiro atoms. The number of hydrogen-bond donors (Lipinski definition) is 1. The van der Waals surface area contributed by atoms with Crippen LogP contribution in [0.1, 0.15) is 35.5 Å². The number of hydrogen-bond acceptors (Lipinski definition) is 2. The van der Waals surface area contributed by atoms with Crippen LogP contribution in [0.2, 0.25) is 5.02 Å². The van der Waals surface area contributed by atoms with E-state index in [0.29, 0.717) is 11.4 Å². The van der Waals surface area contributed by atoms with Gasteiger partial charge in [0.25, 0.3) is 0 Å². The zero-order valence-corrected chi connectivity index (χ0v) is 13.5. The fraction of sp³-hybridized carbons (Fsp3) is 0.375. The van der Waals surface area contributed by atoms with E-state index >= 15 is 0 Å². The number of nitrogens with zero attached hydrogens (tertiary/aromatic N) is 2. The molecule has 112 valence electrons. The maximum Gasteiger partial charge on any atom is 0.225 e. The van der Waals surface area contributed by atoms with Gasteiger partial charge in [-0.3, -0.25) is 9.48 Å². The fourth-order valence-corrected chi connectivity index (χ4v) is 2.58. The van der Waals surface area contributed by atoms with Gasteiger partial charge in [-0.05, 0) is 38.5 Å². The molecule has 0 aliphatic heterocycles. The standard InChI is InChI=1S/C16H20ClN3O/c1-10(13-6-5-7-14(17)8-13)18-16(21)9-15-11(2)19-20(4)12(15)3/h5-8,10H,9H2,1-4H3,(H,18,21). The summed E-state index contributed by atoms with van der Waals surface area (Å²) in [6.07, 6.45) is 0.344. The summed E-state index contributed by atoms with van der Waals surface area (Å²) >= 11 is 5.98. The highest BCUT2D eigenvalue weighted by Crippen LogP contribution is 2.18. The third-order valence-corrected chi connectivity index (χ3v) is 3.96. The van der Waals surface area contributed by atoms with Gasteiger partial charge in [0.1, 0.15) is 0 Å². The molecule has 2 rings (SSSR count). The van der Waals surface area contributed by atoms with Gasteiger partial charge in [0.15, 0.2) is 0 Å². The van der Waals surface area contributed by atoms with Gasteiger partial charge in [0.2, 0.25) is 5.91 Å². The van der Waals surface area contributed by atoms with Crippen LogP contribution >= 0.6 is 11.6 Å². The first kappa shape index (κ1) is 15.6. The Morgan fingerprint density at radius 3 is 2.71 bits per heavy atom. The number of benzene rings is 1. The minimum absolute atomic E-state index is 0.0123. The van der Waals surface area contributed by atoms with Crippen molar-refractivity contribution >= 4 is 17.5 Å². The molecule has 1 amide bonds. The summed E-state index contributed by atoms with van der Waals surface area (Å²) < 4.78 is 1.80. The Morgan fingerprint density at radius 1 is 1.43 bits per heavy atom. The number of carbonyl (C=O) groups is 1. The highest BCUT2D eigenvalue weighted by Gasteiger charge is 2.15. The van der Waals surface area contributed by atoms with Crippen LogP contribution in [0.5, 0.6) is 0 Å². The van der Waals surface area contributed by atoms with E-state index in [1.165, 1.54) is 0 Å². The zero-order chi connectivity index (χ0) is 15.6. The Labute approximate surface area is 130 Å². The van der Waals surface area contributed by atoms with E-state index in [2.05, 4.69) is 10.4 Å². The number of aromatic nitrogens is 2. The Kier molecular flexibility index (Phi) is 4.68. The van der Waals surface area contributed by atoms with Gasteiger partial charge in [0, 0.05) is 23.3 Å². The Balaban J connectivity index is 2.05. The van der Waals surface area contributed by atoms with Crippen molar-refractivity contribution in [2.75, 3.05) is 0 Å². The van der Waals surface area contributed by atoms with Crippen LogP contribution in [-0.2, 0) is 18.3 Å². The minimum atomic E-state index is -0.0755. The summed E-state index contributed by atoms with van der Waals surface area (Å²) in [5.41, 5.74) is 3.92. The first-order valence-electron chi connectivity index (χ1n) is 6.92. The van der Waals surface area contributed by atoms with E-state index in [0.717, 1.165) is 22.5 Å². The summed E-state index contributed by atoms with van der Waals surface area (Å²) in [5.74, 6) is -0.0123. The maximum atomic E-state index is 12.2. The van der Waals surface area contributed by atoms with E-state index in [4.69, 9.17) is 11.6 Å². The largest absolute Gasteiger partial charge is 0.349 e. The summed E-state index contributed by atoms with van der Waals surface area (Å²) in [4.78, 5) is 12.2. The van der Waals surface area contributed by atoms with Crippen LogP contribution in [0, 0.1) is 13.8 Å². The second-order valence-electron chi connectivity index (χ2n) is 5.29. The number of amides is 1. The lowest BCUT2D eigenvalue weighted by molar-refractivity contribution is -0.121. The highest BCUT2D eigenvalue weighted by atomic mass is 35.5. The predicted molar refractivity (Wildman–Crippen MR) is 84.4 cm³/mol. The third-order valence-electron chi connectivity index (χ3n) is 3.72. The van der Waals surface area contributed by atoms with Gasteiger partial charge < -0.3 is 5.32 Å². The predicted octanol–water partition coefficient (Wildman–Crippen LogP) is 3.11. The average Bonchev–Trinajstić information content (AvgIpc) is 2.65. The minimum Gasteiger partial charge on any atom is -0.349 e. The number of carbonyl (C=O) groups excluding carboxylic acids is 1. The number of nitrogens with one attached hydrogen (secondary N) is 1. The summed E-state index contributed by atoms with van der Waals surface area (Å²) in [5, 5.41) is 8.01. The normalized spacial score (nSPS) is 12.2. The second-order valence-corrected chi connectivity index (χ2v) is 5.73. The summed E-state index contributed by atoms with van der Waals surface area (Å²) in [6.45, 7) is 5.85. The second kappa shape index (κ2) is 6.31. The lowest BCUT2D eigenvalue weighted by Gasteiger charge is -2.14. The number of rotatable bonds is 4. The van der Waals surface area contributed by atoms with Crippen molar-refractivity contribution in [2.24, 2.45) is 7.05 Å². The molecule has 2 aromatic rings. The number of aryl methyl sites for hydroxylation is 2. The molecule has 0 bridgehead atoms. The van der Waals surface area contributed by atoms with Crippen LogP contribution in [0.25, 0.3) is 0 Å². The SMILES string of the molecule is Cc1nn(C)c(C)c1CC(=O)NC(C)c1cccc(Cl)c1. The molecule has 4 nitrogen and oxygen atoms in total. The molecule has 1 atom stereocenters. The molecular formula is C16H20ClN3O. The van der Waals surface area contributed by atoms with Crippen LogP contribution in [0.15, 0.2) is 24.3 Å². The van der Waals surface area contributed by atoms with E-state index in [-0.39, 0.29) is 11.9 Å². The smallest absolute Gasteiger partial charge is 0.225 e. The molecule has 1 N–H and O–H groups in total. The quantitative estimate of drug-likeness (QED) is 0.943. The molecule has 21 heavy (non-hydrogen) atoms. The van der Waals surface area contributed by atoms with Crippen molar-refractivity contribution in [2.45, 2.75) is 33.2 Å². The monoisotopic (exact) mass is 305 g/mol. The van der Waals surface area contributed by atoms with Crippen molar-refractivity contribution in [3.05, 3.63) is 51.8 Å². The van der Waals surface area contributed by atoms with Crippen LogP contribution in [-0.4, -0.2) is 15.7 Å². The molecule has 5 heteroatoms. The lowest BCUT2D eigenvalue weighted by atomic mass is 10.1. The first-order chi connectivity index (χ1) is 9.88. The van der Waals surface area contributed by atoms with Crippen molar-refractivity contribution < 1.29 is 4.79 Å².